The first-order valence-electron chi connectivity index (χ1n) is 11.3. The van der Waals surface area contributed by atoms with Crippen molar-refractivity contribution in [3.05, 3.63) is 71.2 Å². The van der Waals surface area contributed by atoms with Crippen LogP contribution in [0.2, 0.25) is 0 Å². The van der Waals surface area contributed by atoms with E-state index in [0.717, 1.165) is 56.0 Å². The van der Waals surface area contributed by atoms with Gasteiger partial charge < -0.3 is 16.0 Å². The van der Waals surface area contributed by atoms with Crippen LogP contribution in [0.3, 0.4) is 0 Å². The molecular formula is C25H30N6O2. The summed E-state index contributed by atoms with van der Waals surface area (Å²) in [6.45, 7) is 6.68. The van der Waals surface area contributed by atoms with Gasteiger partial charge in [-0.15, -0.1) is 0 Å². The van der Waals surface area contributed by atoms with Crippen molar-refractivity contribution < 1.29 is 9.59 Å². The Kier molecular flexibility index (Phi) is 6.84. The Labute approximate surface area is 193 Å². The number of nitrogens with one attached hydrogen (secondary N) is 1. The molecule has 0 atom stereocenters. The van der Waals surface area contributed by atoms with E-state index in [0.29, 0.717) is 11.4 Å². The van der Waals surface area contributed by atoms with Crippen LogP contribution in [-0.2, 0) is 11.2 Å². The SMILES string of the molecule is Cc1cc(C)n(-c2ccc(C(=O)Nc3ccc(CCN4CCC(C(N)=O)CC4)cc3)cn2)n1. The Balaban J connectivity index is 1.28. The molecule has 1 saturated heterocycles. The zero-order valence-electron chi connectivity index (χ0n) is 19.1. The Morgan fingerprint density at radius 2 is 1.82 bits per heavy atom. The number of amides is 2. The number of piperidine rings is 1. The van der Waals surface area contributed by atoms with Gasteiger partial charge in [-0.2, -0.15) is 5.10 Å². The van der Waals surface area contributed by atoms with Crippen LogP contribution in [-0.4, -0.2) is 51.1 Å². The van der Waals surface area contributed by atoms with Gasteiger partial charge in [0.25, 0.3) is 5.91 Å². The van der Waals surface area contributed by atoms with Crippen molar-refractivity contribution in [2.45, 2.75) is 33.1 Å². The van der Waals surface area contributed by atoms with Gasteiger partial charge >= 0.3 is 0 Å². The summed E-state index contributed by atoms with van der Waals surface area (Å²) in [5.41, 5.74) is 9.77. The van der Waals surface area contributed by atoms with E-state index in [2.05, 4.69) is 20.3 Å². The summed E-state index contributed by atoms with van der Waals surface area (Å²) in [6, 6.07) is 13.5. The standard InChI is InChI=1S/C25H30N6O2/c1-17-15-18(2)31(29-17)23-8-5-21(16-27-23)25(33)28-22-6-3-19(4-7-22)9-12-30-13-10-20(11-14-30)24(26)32/h3-8,15-16,20H,9-14H2,1-2H3,(H2,26,32)(H,28,33). The first-order chi connectivity index (χ1) is 15.9. The fourth-order valence-electron chi connectivity index (χ4n) is 4.19. The smallest absolute Gasteiger partial charge is 0.257 e. The Bertz CT molecular complexity index is 1110. The van der Waals surface area contributed by atoms with Crippen LogP contribution in [0.5, 0.6) is 0 Å². The molecule has 3 aromatic rings. The lowest BCUT2D eigenvalue weighted by molar-refractivity contribution is -0.123. The first-order valence-corrected chi connectivity index (χ1v) is 11.3. The Morgan fingerprint density at radius 1 is 1.09 bits per heavy atom. The molecule has 0 radical (unpaired) electrons. The number of pyridine rings is 1. The average Bonchev–Trinajstić information content (AvgIpc) is 3.16. The number of nitrogens with two attached hydrogens (primary N) is 1. The number of likely N-dealkylation sites (tertiary alicyclic amines) is 1. The molecule has 1 aliphatic heterocycles. The Morgan fingerprint density at radius 3 is 2.39 bits per heavy atom. The summed E-state index contributed by atoms with van der Waals surface area (Å²) < 4.78 is 1.76. The van der Waals surface area contributed by atoms with Crippen molar-refractivity contribution in [2.75, 3.05) is 25.0 Å². The predicted octanol–water partition coefficient (Wildman–Crippen LogP) is 2.88. The van der Waals surface area contributed by atoms with Gasteiger partial charge in [0.05, 0.1) is 11.3 Å². The highest BCUT2D eigenvalue weighted by Gasteiger charge is 2.22. The molecule has 8 nitrogen and oxygen atoms in total. The van der Waals surface area contributed by atoms with Crippen LogP contribution in [0, 0.1) is 19.8 Å². The van der Waals surface area contributed by atoms with E-state index in [9.17, 15) is 9.59 Å². The number of primary amides is 1. The van der Waals surface area contributed by atoms with Gasteiger partial charge in [-0.25, -0.2) is 9.67 Å². The second-order valence-electron chi connectivity index (χ2n) is 8.66. The molecule has 0 bridgehead atoms. The van der Waals surface area contributed by atoms with Gasteiger partial charge in [-0.3, -0.25) is 9.59 Å². The van der Waals surface area contributed by atoms with Crippen molar-refractivity contribution in [3.8, 4) is 5.82 Å². The van der Waals surface area contributed by atoms with Crippen LogP contribution in [0.4, 0.5) is 5.69 Å². The molecule has 3 heterocycles. The maximum absolute atomic E-state index is 12.6. The molecule has 0 spiro atoms. The van der Waals surface area contributed by atoms with Crippen molar-refractivity contribution in [3.63, 3.8) is 0 Å². The van der Waals surface area contributed by atoms with Gasteiger partial charge in [0, 0.05) is 30.0 Å². The van der Waals surface area contributed by atoms with E-state index in [4.69, 9.17) is 5.73 Å². The molecule has 4 rings (SSSR count). The summed E-state index contributed by atoms with van der Waals surface area (Å²) in [5.74, 6) is 0.323. The number of carbonyl (C=O) groups is 2. The molecule has 33 heavy (non-hydrogen) atoms. The monoisotopic (exact) mass is 446 g/mol. The van der Waals surface area contributed by atoms with Crippen LogP contribution in [0.15, 0.2) is 48.7 Å². The van der Waals surface area contributed by atoms with Gasteiger partial charge in [0.15, 0.2) is 5.82 Å². The average molecular weight is 447 g/mol. The summed E-state index contributed by atoms with van der Waals surface area (Å²) in [7, 11) is 0. The topological polar surface area (TPSA) is 106 Å². The summed E-state index contributed by atoms with van der Waals surface area (Å²) in [5, 5.41) is 7.34. The number of hydrogen-bond acceptors (Lipinski definition) is 5. The number of carbonyl (C=O) groups excluding carboxylic acids is 2. The van der Waals surface area contributed by atoms with E-state index in [1.165, 1.54) is 5.56 Å². The normalized spacial score (nSPS) is 14.8. The fourth-order valence-corrected chi connectivity index (χ4v) is 4.19. The number of aryl methyl sites for hydroxylation is 2. The van der Waals surface area contributed by atoms with Crippen molar-refractivity contribution >= 4 is 17.5 Å². The zero-order chi connectivity index (χ0) is 23.4. The lowest BCUT2D eigenvalue weighted by Crippen LogP contribution is -2.39. The molecule has 2 aromatic heterocycles. The van der Waals surface area contributed by atoms with E-state index in [1.54, 1.807) is 23.0 Å². The highest BCUT2D eigenvalue weighted by molar-refractivity contribution is 6.04. The molecule has 172 valence electrons. The highest BCUT2D eigenvalue weighted by Crippen LogP contribution is 2.18. The van der Waals surface area contributed by atoms with E-state index in [-0.39, 0.29) is 17.7 Å². The molecule has 0 saturated carbocycles. The summed E-state index contributed by atoms with van der Waals surface area (Å²) in [6.07, 6.45) is 4.18. The van der Waals surface area contributed by atoms with E-state index >= 15 is 0 Å². The van der Waals surface area contributed by atoms with E-state index in [1.807, 2.05) is 44.2 Å². The fraction of sp³-hybridized carbons (Fsp3) is 0.360. The molecule has 0 unspecified atom stereocenters. The van der Waals surface area contributed by atoms with Gasteiger partial charge in [0.2, 0.25) is 5.91 Å². The largest absolute Gasteiger partial charge is 0.369 e. The molecule has 0 aliphatic carbocycles. The summed E-state index contributed by atoms with van der Waals surface area (Å²) in [4.78, 5) is 30.7. The third-order valence-corrected chi connectivity index (χ3v) is 6.16. The molecular weight excluding hydrogens is 416 g/mol. The molecule has 1 aliphatic rings. The molecule has 3 N–H and O–H groups in total. The number of benzene rings is 1. The molecule has 1 aromatic carbocycles. The van der Waals surface area contributed by atoms with Gasteiger partial charge in [0.1, 0.15) is 0 Å². The molecule has 2 amide bonds. The van der Waals surface area contributed by atoms with Crippen molar-refractivity contribution in [2.24, 2.45) is 11.7 Å². The van der Waals surface area contributed by atoms with E-state index < -0.39 is 0 Å². The number of rotatable bonds is 7. The van der Waals surface area contributed by atoms with Crippen molar-refractivity contribution in [1.82, 2.24) is 19.7 Å². The predicted molar refractivity (Wildman–Crippen MR) is 127 cm³/mol. The maximum Gasteiger partial charge on any atom is 0.257 e. The lowest BCUT2D eigenvalue weighted by atomic mass is 9.96. The van der Waals surface area contributed by atoms with Gasteiger partial charge in [-0.05, 0) is 82.1 Å². The quantitative estimate of drug-likeness (QED) is 0.580. The second kappa shape index (κ2) is 9.95. The van der Waals surface area contributed by atoms with Gasteiger partial charge in [-0.1, -0.05) is 12.1 Å². The third-order valence-electron chi connectivity index (χ3n) is 6.16. The second-order valence-corrected chi connectivity index (χ2v) is 8.66. The third kappa shape index (κ3) is 5.64. The van der Waals surface area contributed by atoms with Crippen LogP contribution < -0.4 is 11.1 Å². The highest BCUT2D eigenvalue weighted by atomic mass is 16.2. The molecule has 1 fully saturated rings. The minimum atomic E-state index is -0.201. The molecule has 8 heteroatoms. The Hall–Kier alpha value is -3.52. The summed E-state index contributed by atoms with van der Waals surface area (Å²) >= 11 is 0. The van der Waals surface area contributed by atoms with Crippen molar-refractivity contribution in [1.29, 1.82) is 0 Å². The minimum Gasteiger partial charge on any atom is -0.369 e. The van der Waals surface area contributed by atoms with Crippen LogP contribution >= 0.6 is 0 Å². The number of hydrogen-bond donors (Lipinski definition) is 2. The first kappa shape index (κ1) is 22.7. The maximum atomic E-state index is 12.6. The van der Waals surface area contributed by atoms with Crippen LogP contribution in [0.1, 0.15) is 40.2 Å². The van der Waals surface area contributed by atoms with Crippen LogP contribution in [0.25, 0.3) is 5.82 Å². The number of nitrogens with zero attached hydrogens (tertiary/aromatic N) is 4. The minimum absolute atomic E-state index is 0.0226. The number of anilines is 1. The zero-order valence-corrected chi connectivity index (χ0v) is 19.1. The lowest BCUT2D eigenvalue weighted by Gasteiger charge is -2.30. The number of aromatic nitrogens is 3.